The van der Waals surface area contributed by atoms with Crippen molar-refractivity contribution < 1.29 is 4.42 Å². The quantitative estimate of drug-likeness (QED) is 0.768. The van der Waals surface area contributed by atoms with Crippen LogP contribution in [0.15, 0.2) is 34.7 Å². The number of nitrogens with one attached hydrogen (secondary N) is 1. The molecule has 0 aliphatic carbocycles. The van der Waals surface area contributed by atoms with Gasteiger partial charge < -0.3 is 9.73 Å². The standard InChI is InChI=1S/C13H11ClN2OS/c1-8-2-4-10(17-8)7-15-13-16-11-6-9(14)3-5-12(11)18-13/h2-6H,7H2,1H3,(H,15,16). The maximum absolute atomic E-state index is 5.93. The van der Waals surface area contributed by atoms with Gasteiger partial charge in [-0.3, -0.25) is 0 Å². The van der Waals surface area contributed by atoms with Gasteiger partial charge in [-0.05, 0) is 37.3 Å². The molecule has 18 heavy (non-hydrogen) atoms. The predicted octanol–water partition coefficient (Wildman–Crippen LogP) is 4.46. The molecular weight excluding hydrogens is 268 g/mol. The molecule has 0 aliphatic heterocycles. The second-order valence-corrected chi connectivity index (χ2v) is 5.46. The molecular formula is C13H11ClN2OS. The smallest absolute Gasteiger partial charge is 0.184 e. The predicted molar refractivity (Wildman–Crippen MR) is 75.4 cm³/mol. The average molecular weight is 279 g/mol. The molecule has 3 nitrogen and oxygen atoms in total. The van der Waals surface area contributed by atoms with Crippen LogP contribution in [0.4, 0.5) is 5.13 Å². The number of nitrogens with zero attached hydrogens (tertiary/aromatic N) is 1. The number of furan rings is 1. The second kappa shape index (κ2) is 4.63. The minimum Gasteiger partial charge on any atom is -0.465 e. The highest BCUT2D eigenvalue weighted by atomic mass is 35.5. The molecule has 0 spiro atoms. The molecule has 0 saturated heterocycles. The van der Waals surface area contributed by atoms with Gasteiger partial charge in [0.2, 0.25) is 0 Å². The number of fused-ring (bicyclic) bond motifs is 1. The number of aryl methyl sites for hydroxylation is 1. The molecule has 0 unspecified atom stereocenters. The summed E-state index contributed by atoms with van der Waals surface area (Å²) >= 11 is 7.54. The van der Waals surface area contributed by atoms with Gasteiger partial charge in [0.15, 0.2) is 5.13 Å². The minimum absolute atomic E-state index is 0.640. The summed E-state index contributed by atoms with van der Waals surface area (Å²) in [4.78, 5) is 4.48. The third-order valence-corrected chi connectivity index (χ3v) is 3.79. The van der Waals surface area contributed by atoms with Crippen LogP contribution in [0.5, 0.6) is 0 Å². The van der Waals surface area contributed by atoms with Crippen LogP contribution < -0.4 is 5.32 Å². The maximum atomic E-state index is 5.93. The Hall–Kier alpha value is -1.52. The summed E-state index contributed by atoms with van der Waals surface area (Å²) in [6, 6.07) is 9.65. The molecule has 1 aromatic carbocycles. The van der Waals surface area contributed by atoms with Crippen molar-refractivity contribution in [2.24, 2.45) is 0 Å². The molecule has 0 saturated carbocycles. The summed E-state index contributed by atoms with van der Waals surface area (Å²) < 4.78 is 6.61. The van der Waals surface area contributed by atoms with Crippen LogP contribution in [0, 0.1) is 6.92 Å². The zero-order valence-corrected chi connectivity index (χ0v) is 11.3. The van der Waals surface area contributed by atoms with Gasteiger partial charge in [0.25, 0.3) is 0 Å². The van der Waals surface area contributed by atoms with E-state index in [2.05, 4.69) is 10.3 Å². The number of hydrogen-bond donors (Lipinski definition) is 1. The molecule has 5 heteroatoms. The lowest BCUT2D eigenvalue weighted by Gasteiger charge is -1.97. The first-order valence-corrected chi connectivity index (χ1v) is 6.75. The van der Waals surface area contributed by atoms with E-state index in [4.69, 9.17) is 16.0 Å². The number of benzene rings is 1. The Morgan fingerprint density at radius 2 is 2.22 bits per heavy atom. The van der Waals surface area contributed by atoms with Crippen LogP contribution in [-0.4, -0.2) is 4.98 Å². The van der Waals surface area contributed by atoms with E-state index in [1.807, 2.05) is 37.3 Å². The van der Waals surface area contributed by atoms with Crippen molar-refractivity contribution in [3.05, 3.63) is 46.9 Å². The largest absolute Gasteiger partial charge is 0.465 e. The Balaban J connectivity index is 1.78. The van der Waals surface area contributed by atoms with Crippen molar-refractivity contribution in [2.75, 3.05) is 5.32 Å². The summed E-state index contributed by atoms with van der Waals surface area (Å²) in [6.07, 6.45) is 0. The van der Waals surface area contributed by atoms with Crippen molar-refractivity contribution in [1.29, 1.82) is 0 Å². The number of anilines is 1. The van der Waals surface area contributed by atoms with E-state index in [1.165, 1.54) is 0 Å². The number of aromatic nitrogens is 1. The van der Waals surface area contributed by atoms with Gasteiger partial charge in [-0.1, -0.05) is 22.9 Å². The highest BCUT2D eigenvalue weighted by Crippen LogP contribution is 2.28. The van der Waals surface area contributed by atoms with Gasteiger partial charge in [0, 0.05) is 5.02 Å². The molecule has 0 radical (unpaired) electrons. The van der Waals surface area contributed by atoms with Crippen molar-refractivity contribution in [2.45, 2.75) is 13.5 Å². The van der Waals surface area contributed by atoms with Crippen molar-refractivity contribution in [3.8, 4) is 0 Å². The first kappa shape index (κ1) is 11.6. The summed E-state index contributed by atoms with van der Waals surface area (Å²) in [5.74, 6) is 1.83. The number of halogens is 1. The maximum Gasteiger partial charge on any atom is 0.184 e. The van der Waals surface area contributed by atoms with Crippen LogP contribution in [-0.2, 0) is 6.54 Å². The van der Waals surface area contributed by atoms with Gasteiger partial charge in [0.05, 0.1) is 16.8 Å². The van der Waals surface area contributed by atoms with E-state index in [9.17, 15) is 0 Å². The van der Waals surface area contributed by atoms with E-state index >= 15 is 0 Å². The van der Waals surface area contributed by atoms with Gasteiger partial charge in [-0.25, -0.2) is 4.98 Å². The van der Waals surface area contributed by atoms with Crippen molar-refractivity contribution in [1.82, 2.24) is 4.98 Å². The third kappa shape index (κ3) is 2.35. The molecule has 0 fully saturated rings. The zero-order valence-electron chi connectivity index (χ0n) is 9.74. The lowest BCUT2D eigenvalue weighted by atomic mass is 10.3. The summed E-state index contributed by atoms with van der Waals surface area (Å²) in [5, 5.41) is 4.84. The highest BCUT2D eigenvalue weighted by Gasteiger charge is 2.05. The normalized spacial score (nSPS) is 11.0. The molecule has 1 N–H and O–H groups in total. The lowest BCUT2D eigenvalue weighted by molar-refractivity contribution is 0.490. The van der Waals surface area contributed by atoms with E-state index in [-0.39, 0.29) is 0 Å². The van der Waals surface area contributed by atoms with Crippen LogP contribution >= 0.6 is 22.9 Å². The number of hydrogen-bond acceptors (Lipinski definition) is 4. The molecule has 2 heterocycles. The first-order chi connectivity index (χ1) is 8.70. The minimum atomic E-state index is 0.640. The summed E-state index contributed by atoms with van der Waals surface area (Å²) in [7, 11) is 0. The lowest BCUT2D eigenvalue weighted by Crippen LogP contribution is -1.96. The molecule has 3 rings (SSSR count). The van der Waals surface area contributed by atoms with Crippen molar-refractivity contribution >= 4 is 38.3 Å². The monoisotopic (exact) mass is 278 g/mol. The Kier molecular flexibility index (Phi) is 2.97. The van der Waals surface area contributed by atoms with Gasteiger partial charge >= 0.3 is 0 Å². The van der Waals surface area contributed by atoms with Crippen molar-refractivity contribution in [3.63, 3.8) is 0 Å². The van der Waals surface area contributed by atoms with E-state index < -0.39 is 0 Å². The van der Waals surface area contributed by atoms with E-state index in [0.29, 0.717) is 11.6 Å². The van der Waals surface area contributed by atoms with Gasteiger partial charge in [0.1, 0.15) is 11.5 Å². The highest BCUT2D eigenvalue weighted by molar-refractivity contribution is 7.22. The van der Waals surface area contributed by atoms with Crippen LogP contribution in [0.1, 0.15) is 11.5 Å². The van der Waals surface area contributed by atoms with Crippen LogP contribution in [0.2, 0.25) is 5.02 Å². The Morgan fingerprint density at radius 3 is 3.00 bits per heavy atom. The number of thiazole rings is 1. The first-order valence-electron chi connectivity index (χ1n) is 5.56. The van der Waals surface area contributed by atoms with Crippen LogP contribution in [0.3, 0.4) is 0 Å². The Morgan fingerprint density at radius 1 is 1.33 bits per heavy atom. The average Bonchev–Trinajstić information content (AvgIpc) is 2.92. The van der Waals surface area contributed by atoms with Gasteiger partial charge in [-0.2, -0.15) is 0 Å². The molecule has 0 amide bonds. The second-order valence-electron chi connectivity index (χ2n) is 4.00. The molecule has 3 aromatic rings. The molecule has 0 bridgehead atoms. The third-order valence-electron chi connectivity index (χ3n) is 2.56. The van der Waals surface area contributed by atoms with Gasteiger partial charge in [-0.15, -0.1) is 0 Å². The molecule has 0 aliphatic rings. The fourth-order valence-corrected chi connectivity index (χ4v) is 2.73. The molecule has 92 valence electrons. The Bertz CT molecular complexity index is 689. The topological polar surface area (TPSA) is 38.1 Å². The fourth-order valence-electron chi connectivity index (χ4n) is 1.72. The molecule has 2 aromatic heterocycles. The zero-order chi connectivity index (χ0) is 12.5. The van der Waals surface area contributed by atoms with Crippen LogP contribution in [0.25, 0.3) is 10.2 Å². The summed E-state index contributed by atoms with van der Waals surface area (Å²) in [6.45, 7) is 2.57. The molecule has 0 atom stereocenters. The fraction of sp³-hybridized carbons (Fsp3) is 0.154. The summed E-state index contributed by atoms with van der Waals surface area (Å²) in [5.41, 5.74) is 0.922. The van der Waals surface area contributed by atoms with E-state index in [1.54, 1.807) is 11.3 Å². The van der Waals surface area contributed by atoms with E-state index in [0.717, 1.165) is 26.9 Å². The number of rotatable bonds is 3. The Labute approximate surface area is 113 Å². The SMILES string of the molecule is Cc1ccc(CNc2nc3cc(Cl)ccc3s2)o1.